The number of alkyl halides is 6. The number of aliphatic carboxylic acids is 2. The molecule has 49 heavy (non-hydrogen) atoms. The van der Waals surface area contributed by atoms with E-state index in [1.165, 1.54) is 39.6 Å². The van der Waals surface area contributed by atoms with Gasteiger partial charge in [-0.2, -0.15) is 35.5 Å². The number of anilines is 2. The van der Waals surface area contributed by atoms with E-state index in [0.29, 0.717) is 0 Å². The molecule has 0 radical (unpaired) electrons. The number of carbonyl (C=O) groups is 2. The Kier molecular flexibility index (Phi) is 15.6. The Hall–Kier alpha value is -4.08. The largest absolute Gasteiger partial charge is 0.542 e. The van der Waals surface area contributed by atoms with Crippen LogP contribution in [0.4, 0.5) is 37.7 Å². The lowest BCUT2D eigenvalue weighted by Gasteiger charge is -2.12. The van der Waals surface area contributed by atoms with Gasteiger partial charge in [0.15, 0.2) is 12.4 Å². The fourth-order valence-corrected chi connectivity index (χ4v) is 5.25. The zero-order valence-electron chi connectivity index (χ0n) is 25.9. The van der Waals surface area contributed by atoms with Gasteiger partial charge in [-0.3, -0.25) is 0 Å². The molecule has 2 aliphatic rings. The van der Waals surface area contributed by atoms with Gasteiger partial charge in [-0.05, 0) is 49.9 Å². The monoisotopic (exact) mass is 738 g/mol. The normalized spacial score (nSPS) is 14.2. The van der Waals surface area contributed by atoms with Crippen molar-refractivity contribution in [3.8, 4) is 0 Å². The topological polar surface area (TPSA) is 144 Å². The first-order valence-corrected chi connectivity index (χ1v) is 15.6. The van der Waals surface area contributed by atoms with E-state index in [9.17, 15) is 26.3 Å². The number of aryl methyl sites for hydroxylation is 2. The third kappa shape index (κ3) is 12.7. The molecular formula is C32H34Cl2F6N4O5. The number of halogens is 8. The van der Waals surface area contributed by atoms with Gasteiger partial charge in [0.25, 0.3) is 0 Å². The fraction of sp³-hybridized carbons (Fsp3) is 0.375. The molecule has 6 rings (SSSR count). The third-order valence-electron chi connectivity index (χ3n) is 7.21. The number of carboxylic acid groups (broad SMARTS) is 2. The minimum atomic E-state index is -5.19. The molecule has 2 aliphatic heterocycles. The lowest BCUT2D eigenvalue weighted by Crippen LogP contribution is -2.37. The minimum Gasteiger partial charge on any atom is -0.542 e. The average molecular weight is 740 g/mol. The van der Waals surface area contributed by atoms with Crippen LogP contribution in [0.15, 0.2) is 60.9 Å². The summed E-state index contributed by atoms with van der Waals surface area (Å²) in [5, 5.41) is 28.9. The summed E-state index contributed by atoms with van der Waals surface area (Å²) in [4.78, 5) is 17.6. The molecule has 0 aliphatic carbocycles. The van der Waals surface area contributed by atoms with E-state index in [2.05, 4.69) is 68.6 Å². The van der Waals surface area contributed by atoms with Crippen LogP contribution in [0.5, 0.6) is 0 Å². The average Bonchev–Trinajstić information content (AvgIpc) is 3.00. The number of nitrogens with zero attached hydrogens (tertiary/aromatic N) is 2. The number of carbonyl (C=O) groups excluding carboxylic acids is 2. The molecule has 0 unspecified atom stereocenters. The summed E-state index contributed by atoms with van der Waals surface area (Å²) in [6, 6.07) is 16.9. The van der Waals surface area contributed by atoms with Crippen molar-refractivity contribution in [2.45, 2.75) is 64.0 Å². The van der Waals surface area contributed by atoms with Crippen LogP contribution in [0.3, 0.4) is 0 Å². The lowest BCUT2D eigenvalue weighted by atomic mass is 10.1. The first kappa shape index (κ1) is 41.1. The van der Waals surface area contributed by atoms with Crippen LogP contribution >= 0.6 is 23.2 Å². The zero-order chi connectivity index (χ0) is 35.5. The van der Waals surface area contributed by atoms with Crippen molar-refractivity contribution in [2.75, 3.05) is 23.7 Å². The second-order valence-electron chi connectivity index (χ2n) is 10.7. The molecular weight excluding hydrogens is 705 g/mol. The van der Waals surface area contributed by atoms with Gasteiger partial charge in [-0.15, -0.1) is 0 Å². The molecule has 0 amide bonds. The molecule has 4 aromatic rings. The Morgan fingerprint density at radius 3 is 1.31 bits per heavy atom. The summed E-state index contributed by atoms with van der Waals surface area (Å²) in [7, 11) is 0. The Morgan fingerprint density at radius 2 is 0.959 bits per heavy atom. The Labute approximate surface area is 287 Å². The highest BCUT2D eigenvalue weighted by Crippen LogP contribution is 2.26. The first-order valence-electron chi connectivity index (χ1n) is 14.9. The summed E-state index contributed by atoms with van der Waals surface area (Å²) < 4.78 is 67.8. The highest BCUT2D eigenvalue weighted by Gasteiger charge is 2.29. The highest BCUT2D eigenvalue weighted by atomic mass is 35.5. The standard InChI is InChI=1S/C28H30Cl2N4.2C2HF3O2.H2O/c29-21-7-9-23-25-11-17-33(27(23)19-21)15-5-2-6-16-34-18-12-26(32-14-4-1-3-13-31-25)24-10-8-22(30)20-28(24)34;2*3-2(4,5)1(6)7;/h7-12,17-20H,1-6,13-16H2;2*(H,6,7);1H2. The molecule has 4 bridgehead atoms. The fourth-order valence-electron chi connectivity index (χ4n) is 4.92. The summed E-state index contributed by atoms with van der Waals surface area (Å²) >= 11 is 12.7. The van der Waals surface area contributed by atoms with Gasteiger partial charge in [-0.1, -0.05) is 23.2 Å². The number of aromatic nitrogens is 2. The third-order valence-corrected chi connectivity index (χ3v) is 7.68. The van der Waals surface area contributed by atoms with Gasteiger partial charge in [0.2, 0.25) is 11.0 Å². The van der Waals surface area contributed by atoms with Crippen LogP contribution in [-0.2, 0) is 22.7 Å². The molecule has 2 aromatic heterocycles. The Morgan fingerprint density at radius 1 is 0.612 bits per heavy atom. The lowest BCUT2D eigenvalue weighted by molar-refractivity contribution is -0.675. The van der Waals surface area contributed by atoms with Crippen molar-refractivity contribution < 1.29 is 60.8 Å². The van der Waals surface area contributed by atoms with Gasteiger partial charge >= 0.3 is 12.4 Å². The van der Waals surface area contributed by atoms with Crippen LogP contribution in [0, 0.1) is 0 Å². The number of pyridine rings is 2. The summed E-state index contributed by atoms with van der Waals surface area (Å²) in [5.41, 5.74) is 4.77. The van der Waals surface area contributed by atoms with Gasteiger partial charge in [0.05, 0.1) is 22.1 Å². The summed E-state index contributed by atoms with van der Waals surface area (Å²) in [6.45, 7) is 3.90. The van der Waals surface area contributed by atoms with E-state index < -0.39 is 24.3 Å². The van der Waals surface area contributed by atoms with E-state index in [-0.39, 0.29) is 5.48 Å². The maximum absolute atomic E-state index is 10.5. The van der Waals surface area contributed by atoms with Crippen LogP contribution in [0.1, 0.15) is 38.5 Å². The number of hydrogen-bond donors (Lipinski definition) is 2. The second-order valence-corrected chi connectivity index (χ2v) is 11.6. The molecule has 0 atom stereocenters. The molecule has 9 nitrogen and oxygen atoms in total. The van der Waals surface area contributed by atoms with Crippen LogP contribution in [0.2, 0.25) is 10.0 Å². The number of benzene rings is 2. The number of nitrogens with one attached hydrogen (secondary N) is 2. The maximum atomic E-state index is 10.5. The Balaban J connectivity index is 0.000000470. The van der Waals surface area contributed by atoms with Crippen molar-refractivity contribution in [3.05, 3.63) is 71.0 Å². The zero-order valence-corrected chi connectivity index (χ0v) is 27.4. The maximum Gasteiger partial charge on any atom is 0.430 e. The van der Waals surface area contributed by atoms with E-state index in [1.54, 1.807) is 0 Å². The van der Waals surface area contributed by atoms with Crippen LogP contribution in [0.25, 0.3) is 21.8 Å². The number of hydrogen-bond acceptors (Lipinski definition) is 6. The van der Waals surface area contributed by atoms with Gasteiger partial charge < -0.3 is 35.9 Å². The van der Waals surface area contributed by atoms with E-state index >= 15 is 0 Å². The second kappa shape index (κ2) is 18.6. The van der Waals surface area contributed by atoms with E-state index in [0.717, 1.165) is 68.3 Å². The molecule has 17 heteroatoms. The molecule has 4 N–H and O–H groups in total. The summed E-state index contributed by atoms with van der Waals surface area (Å²) in [6.07, 6.45) is 0.860. The Bertz CT molecular complexity index is 1600. The van der Waals surface area contributed by atoms with Crippen molar-refractivity contribution in [2.24, 2.45) is 0 Å². The predicted molar refractivity (Wildman–Crippen MR) is 169 cm³/mol. The number of carboxylic acids is 2. The van der Waals surface area contributed by atoms with Gasteiger partial charge in [-0.25, -0.2) is 0 Å². The summed E-state index contributed by atoms with van der Waals surface area (Å²) in [5.74, 6) is -6.01. The van der Waals surface area contributed by atoms with Crippen molar-refractivity contribution in [1.82, 2.24) is 0 Å². The minimum absolute atomic E-state index is 0. The number of rotatable bonds is 0. The van der Waals surface area contributed by atoms with Crippen molar-refractivity contribution >= 4 is 68.3 Å². The van der Waals surface area contributed by atoms with Gasteiger partial charge in [0, 0.05) is 60.2 Å². The molecule has 0 saturated carbocycles. The van der Waals surface area contributed by atoms with Crippen molar-refractivity contribution in [1.29, 1.82) is 0 Å². The first-order chi connectivity index (χ1) is 22.6. The van der Waals surface area contributed by atoms with E-state index in [4.69, 9.17) is 43.0 Å². The molecule has 2 aromatic carbocycles. The molecule has 268 valence electrons. The molecule has 0 saturated heterocycles. The SMILES string of the molecule is Clc1ccc2c3cc[n+](c2c1)CCCCC[n+]1ccc(c2ccc(Cl)cc21)NCCCCCN3.O.O=C([O-])C(F)(F)F.O=C([O-])C(F)(F)F. The molecule has 0 spiro atoms. The molecule has 4 heterocycles. The van der Waals surface area contributed by atoms with Gasteiger partial charge in [0.1, 0.15) is 25.0 Å². The van der Waals surface area contributed by atoms with Crippen LogP contribution < -0.4 is 30.0 Å². The van der Waals surface area contributed by atoms with E-state index in [1.807, 2.05) is 12.1 Å². The predicted octanol–water partition coefficient (Wildman–Crippen LogP) is 4.53. The quantitative estimate of drug-likeness (QED) is 0.201. The van der Waals surface area contributed by atoms with Crippen LogP contribution in [-0.4, -0.2) is 42.9 Å². The van der Waals surface area contributed by atoms with Crippen molar-refractivity contribution in [3.63, 3.8) is 0 Å². The highest BCUT2D eigenvalue weighted by molar-refractivity contribution is 6.31. The number of fused-ring (bicyclic) bond motifs is 12. The molecule has 0 fully saturated rings. The smallest absolute Gasteiger partial charge is 0.430 e.